The second-order valence-corrected chi connectivity index (χ2v) is 16.1. The fraction of sp³-hybridized carbons (Fsp3) is 0.610. The van der Waals surface area contributed by atoms with Gasteiger partial charge in [-0.3, -0.25) is 5.32 Å². The molecule has 2 aromatic rings. The van der Waals surface area contributed by atoms with E-state index in [0.29, 0.717) is 74.0 Å². The van der Waals surface area contributed by atoms with Gasteiger partial charge in [-0.15, -0.1) is 0 Å². The van der Waals surface area contributed by atoms with Gasteiger partial charge in [0.05, 0.1) is 23.8 Å². The van der Waals surface area contributed by atoms with Gasteiger partial charge in [-0.05, 0) is 105 Å². The van der Waals surface area contributed by atoms with Crippen LogP contribution in [0.4, 0.5) is 32.4 Å². The van der Waals surface area contributed by atoms with Crippen molar-refractivity contribution < 1.29 is 46.1 Å². The number of allylic oxidation sites excluding steroid dienone is 3. The summed E-state index contributed by atoms with van der Waals surface area (Å²) in [5.74, 6) is -8.91. The maximum absolute atomic E-state index is 14.5. The summed E-state index contributed by atoms with van der Waals surface area (Å²) >= 11 is 0. The van der Waals surface area contributed by atoms with E-state index in [9.17, 15) is 37.0 Å². The summed E-state index contributed by atoms with van der Waals surface area (Å²) < 4.78 is 82.5. The van der Waals surface area contributed by atoms with Crippen molar-refractivity contribution in [2.45, 2.75) is 134 Å². The van der Waals surface area contributed by atoms with Crippen LogP contribution in [0.1, 0.15) is 116 Å². The number of anilines is 1. The number of hydrogen-bond acceptors (Lipinski definition) is 6. The molecule has 4 fully saturated rings. The highest BCUT2D eigenvalue weighted by Gasteiger charge is 2.57. The number of nitrogens with zero attached hydrogens (tertiary/aromatic N) is 1. The van der Waals surface area contributed by atoms with Gasteiger partial charge in [-0.25, -0.2) is 31.7 Å². The summed E-state index contributed by atoms with van der Waals surface area (Å²) in [4.78, 5) is 17.7. The molecule has 1 amide bonds. The second kappa shape index (κ2) is 15.7. The molecule has 6 rings (SSSR count). The van der Waals surface area contributed by atoms with E-state index >= 15 is 0 Å². The lowest BCUT2D eigenvalue weighted by Crippen LogP contribution is -2.37. The van der Waals surface area contributed by atoms with Crippen LogP contribution in [0.3, 0.4) is 0 Å². The number of aliphatic hydroxyl groups excluding tert-OH is 2. The van der Waals surface area contributed by atoms with Gasteiger partial charge in [0.25, 0.3) is 0 Å². The monoisotopic (exact) mass is 746 g/mol. The first-order chi connectivity index (χ1) is 25.2. The van der Waals surface area contributed by atoms with E-state index in [1.54, 1.807) is 11.5 Å². The van der Waals surface area contributed by atoms with Crippen molar-refractivity contribution in [2.24, 2.45) is 23.2 Å². The SMILES string of the molecule is C=C1/C(=C\C=C2/CCC[C@]3(C)[C@@H]([C@H](C)CC[C@H](OC(=O)Nc4c(F)c(F)c(F)c(F)c4F)C4(c5ncc(CCCC)o5)CC4)CC[C@@H]23)C[C@@H](O)C[C@@H]1O. The zero-order valence-corrected chi connectivity index (χ0v) is 30.8. The van der Waals surface area contributed by atoms with Gasteiger partial charge in [-0.2, -0.15) is 0 Å². The molecule has 4 aliphatic rings. The third kappa shape index (κ3) is 7.72. The van der Waals surface area contributed by atoms with Crippen molar-refractivity contribution in [2.75, 3.05) is 5.32 Å². The van der Waals surface area contributed by atoms with Gasteiger partial charge in [0.1, 0.15) is 17.6 Å². The van der Waals surface area contributed by atoms with Crippen molar-refractivity contribution in [3.05, 3.63) is 82.4 Å². The number of hydrogen-bond donors (Lipinski definition) is 3. The van der Waals surface area contributed by atoms with Crippen LogP contribution in [0.25, 0.3) is 0 Å². The first kappa shape index (κ1) is 39.2. The van der Waals surface area contributed by atoms with E-state index in [1.165, 1.54) is 5.57 Å². The van der Waals surface area contributed by atoms with Crippen LogP contribution in [0.2, 0.25) is 0 Å². The number of aromatic nitrogens is 1. The van der Waals surface area contributed by atoms with E-state index in [-0.39, 0.29) is 11.3 Å². The summed E-state index contributed by atoms with van der Waals surface area (Å²) in [5.41, 5.74) is 0.692. The fourth-order valence-corrected chi connectivity index (χ4v) is 9.53. The molecule has 4 aliphatic carbocycles. The lowest BCUT2D eigenvalue weighted by Gasteiger charge is -2.44. The molecule has 7 atom stereocenters. The van der Waals surface area contributed by atoms with Crippen LogP contribution in [0.15, 0.2) is 46.1 Å². The average molecular weight is 747 g/mol. The first-order valence-corrected chi connectivity index (χ1v) is 19.1. The van der Waals surface area contributed by atoms with Crippen molar-refractivity contribution in [1.82, 2.24) is 4.98 Å². The molecular formula is C41H51F5N2O5. The van der Waals surface area contributed by atoms with Crippen molar-refractivity contribution in [3.8, 4) is 0 Å². The van der Waals surface area contributed by atoms with Crippen LogP contribution in [-0.4, -0.2) is 39.6 Å². The third-order valence-corrected chi connectivity index (χ3v) is 12.7. The summed E-state index contributed by atoms with van der Waals surface area (Å²) in [5, 5.41) is 22.3. The molecule has 0 unspecified atom stereocenters. The highest BCUT2D eigenvalue weighted by molar-refractivity contribution is 5.85. The lowest BCUT2D eigenvalue weighted by molar-refractivity contribution is 0.0537. The molecule has 0 spiro atoms. The number of carbonyl (C=O) groups excluding carboxylic acids is 1. The molecule has 0 saturated heterocycles. The van der Waals surface area contributed by atoms with Crippen LogP contribution in [-0.2, 0) is 16.6 Å². The standard InChI is InChI=1S/C41H51F5N2O5/c1-5-6-9-27-21-47-38(52-27)41(17-18-41)31(53-39(51)48-37-35(45)33(43)32(42)34(44)36(37)46)15-10-22(2)28-13-14-29-24(8-7-16-40(28,29)4)11-12-25-19-26(49)20-30(50)23(25)3/h11-12,21-22,26,28-31,49-50H,3,5-10,13-20H2,1-2,4H3,(H,48,51)/b24-11+,25-12-/t22-,26-,28-,29+,30+,31+,40-/m1/s1. The molecule has 3 N–H and O–H groups in total. The molecule has 12 heteroatoms. The quantitative estimate of drug-likeness (QED) is 0.114. The van der Waals surface area contributed by atoms with E-state index in [1.807, 2.05) is 6.08 Å². The Balaban J connectivity index is 1.20. The molecule has 4 saturated carbocycles. The molecule has 1 aromatic carbocycles. The third-order valence-electron chi connectivity index (χ3n) is 12.7. The summed E-state index contributed by atoms with van der Waals surface area (Å²) in [6.07, 6.45) is 13.0. The maximum atomic E-state index is 14.5. The van der Waals surface area contributed by atoms with Crippen LogP contribution < -0.4 is 5.32 Å². The predicted molar refractivity (Wildman–Crippen MR) is 189 cm³/mol. The number of aliphatic hydroxyl groups is 2. The Labute approximate surface area is 307 Å². The van der Waals surface area contributed by atoms with Gasteiger partial charge in [0.15, 0.2) is 23.3 Å². The number of amides is 1. The highest BCUT2D eigenvalue weighted by Crippen LogP contribution is 2.60. The zero-order chi connectivity index (χ0) is 38.2. The minimum absolute atomic E-state index is 0.0259. The maximum Gasteiger partial charge on any atom is 0.412 e. The normalized spacial score (nSPS) is 29.3. The number of rotatable bonds is 12. The Morgan fingerprint density at radius 2 is 1.77 bits per heavy atom. The lowest BCUT2D eigenvalue weighted by atomic mass is 9.60. The number of nitrogens with one attached hydrogen (secondary N) is 1. The Hall–Kier alpha value is -3.51. The van der Waals surface area contributed by atoms with Gasteiger partial charge in [0, 0.05) is 12.8 Å². The smallest absolute Gasteiger partial charge is 0.412 e. The number of ether oxygens (including phenoxy) is 1. The Morgan fingerprint density at radius 1 is 1.08 bits per heavy atom. The van der Waals surface area contributed by atoms with E-state index in [4.69, 9.17) is 9.15 Å². The number of fused-ring (bicyclic) bond motifs is 1. The number of halogens is 5. The number of carbonyl (C=O) groups is 1. The predicted octanol–water partition coefficient (Wildman–Crippen LogP) is 9.92. The minimum atomic E-state index is -2.32. The summed E-state index contributed by atoms with van der Waals surface area (Å²) in [6, 6.07) is 0. The fourth-order valence-electron chi connectivity index (χ4n) is 9.53. The Kier molecular flexibility index (Phi) is 11.6. The van der Waals surface area contributed by atoms with Crippen LogP contribution in [0.5, 0.6) is 0 Å². The van der Waals surface area contributed by atoms with E-state index in [2.05, 4.69) is 38.4 Å². The Morgan fingerprint density at radius 3 is 2.45 bits per heavy atom. The van der Waals surface area contributed by atoms with Crippen LogP contribution >= 0.6 is 0 Å². The topological polar surface area (TPSA) is 105 Å². The molecular weight excluding hydrogens is 695 g/mol. The first-order valence-electron chi connectivity index (χ1n) is 19.1. The molecule has 1 heterocycles. The summed E-state index contributed by atoms with van der Waals surface area (Å²) in [7, 11) is 0. The van der Waals surface area contributed by atoms with Crippen molar-refractivity contribution in [3.63, 3.8) is 0 Å². The molecule has 0 bridgehead atoms. The van der Waals surface area contributed by atoms with Gasteiger partial charge in [0.2, 0.25) is 11.7 Å². The van der Waals surface area contributed by atoms with Crippen LogP contribution in [0, 0.1) is 52.3 Å². The van der Waals surface area contributed by atoms with Gasteiger partial charge >= 0.3 is 6.09 Å². The number of benzene rings is 1. The molecule has 0 aliphatic heterocycles. The molecule has 1 aromatic heterocycles. The second-order valence-electron chi connectivity index (χ2n) is 16.1. The van der Waals surface area contributed by atoms with Gasteiger partial charge < -0.3 is 19.4 Å². The number of oxazole rings is 1. The zero-order valence-electron chi connectivity index (χ0n) is 30.8. The molecule has 290 valence electrons. The van der Waals surface area contributed by atoms with Gasteiger partial charge in [-0.1, -0.05) is 51.5 Å². The molecule has 7 nitrogen and oxygen atoms in total. The Bertz CT molecular complexity index is 1740. The summed E-state index contributed by atoms with van der Waals surface area (Å²) in [6.45, 7) is 10.7. The average Bonchev–Trinajstić information content (AvgIpc) is 3.65. The minimum Gasteiger partial charge on any atom is -0.445 e. The number of aryl methyl sites for hydroxylation is 1. The van der Waals surface area contributed by atoms with Crippen molar-refractivity contribution in [1.29, 1.82) is 0 Å². The molecule has 0 radical (unpaired) electrons. The van der Waals surface area contributed by atoms with E-state index < -0.39 is 64.6 Å². The highest BCUT2D eigenvalue weighted by atomic mass is 19.2. The van der Waals surface area contributed by atoms with Crippen molar-refractivity contribution >= 4 is 11.8 Å². The number of unbranched alkanes of at least 4 members (excludes halogenated alkanes) is 1. The molecule has 53 heavy (non-hydrogen) atoms. The largest absolute Gasteiger partial charge is 0.445 e. The van der Waals surface area contributed by atoms with E-state index in [0.717, 1.165) is 50.5 Å².